The van der Waals surface area contributed by atoms with Crippen molar-refractivity contribution in [2.75, 3.05) is 54.0 Å². The van der Waals surface area contributed by atoms with Crippen LogP contribution in [0, 0.1) is 0 Å². The zero-order valence-corrected chi connectivity index (χ0v) is 13.2. The Labute approximate surface area is 127 Å². The topological polar surface area (TPSA) is 45.2 Å². The summed E-state index contributed by atoms with van der Waals surface area (Å²) in [7, 11) is 5.40. The van der Waals surface area contributed by atoms with Crippen molar-refractivity contribution >= 4 is 0 Å². The van der Waals surface area contributed by atoms with E-state index in [2.05, 4.69) is 16.8 Å². The second-order valence-electron chi connectivity index (χ2n) is 5.56. The number of rotatable bonds is 6. The van der Waals surface area contributed by atoms with E-state index in [1.54, 1.807) is 14.2 Å². The Kier molecular flexibility index (Phi) is 5.85. The molecule has 1 heterocycles. The van der Waals surface area contributed by atoms with E-state index in [0.717, 1.165) is 44.0 Å². The van der Waals surface area contributed by atoms with Crippen LogP contribution in [0.5, 0.6) is 11.5 Å². The fourth-order valence-corrected chi connectivity index (χ4v) is 2.63. The zero-order chi connectivity index (χ0) is 15.2. The first-order chi connectivity index (χ1) is 10.1. The monoisotopic (exact) mass is 294 g/mol. The molecule has 1 fully saturated rings. The van der Waals surface area contributed by atoms with E-state index in [9.17, 15) is 5.11 Å². The molecule has 0 spiro atoms. The molecule has 0 aliphatic carbocycles. The number of hydrogen-bond donors (Lipinski definition) is 1. The van der Waals surface area contributed by atoms with Crippen LogP contribution in [0.3, 0.4) is 0 Å². The molecule has 1 aliphatic heterocycles. The molecule has 1 atom stereocenters. The van der Waals surface area contributed by atoms with Crippen molar-refractivity contribution in [3.63, 3.8) is 0 Å². The summed E-state index contributed by atoms with van der Waals surface area (Å²) in [6, 6.07) is 5.54. The minimum Gasteiger partial charge on any atom is -0.497 e. The second kappa shape index (κ2) is 7.64. The summed E-state index contributed by atoms with van der Waals surface area (Å²) in [5, 5.41) is 10.5. The number of ether oxygens (including phenoxy) is 2. The SMILES string of the molecule is COc1ccc(OC)c(C(O)CCN2CCN(C)CC2)c1. The third kappa shape index (κ3) is 4.33. The number of piperazine rings is 1. The molecule has 21 heavy (non-hydrogen) atoms. The summed E-state index contributed by atoms with van der Waals surface area (Å²) in [4.78, 5) is 4.73. The van der Waals surface area contributed by atoms with Crippen molar-refractivity contribution in [3.05, 3.63) is 23.8 Å². The molecule has 0 amide bonds. The average Bonchev–Trinajstić information content (AvgIpc) is 2.53. The predicted molar refractivity (Wildman–Crippen MR) is 83.1 cm³/mol. The standard InChI is InChI=1S/C16H26N2O3/c1-17-8-10-18(11-9-17)7-6-15(19)14-12-13(20-2)4-5-16(14)21-3/h4-5,12,15,19H,6-11H2,1-3H3. The lowest BCUT2D eigenvalue weighted by Gasteiger charge is -2.32. The Morgan fingerprint density at radius 2 is 1.86 bits per heavy atom. The van der Waals surface area contributed by atoms with Gasteiger partial charge < -0.3 is 24.4 Å². The van der Waals surface area contributed by atoms with Gasteiger partial charge in [0.2, 0.25) is 0 Å². The lowest BCUT2D eigenvalue weighted by molar-refractivity contribution is 0.111. The number of benzene rings is 1. The molecule has 0 radical (unpaired) electrons. The first-order valence-electron chi connectivity index (χ1n) is 7.45. The first kappa shape index (κ1) is 16.1. The summed E-state index contributed by atoms with van der Waals surface area (Å²) in [5.74, 6) is 1.45. The van der Waals surface area contributed by atoms with Crippen molar-refractivity contribution in [1.29, 1.82) is 0 Å². The molecule has 0 bridgehead atoms. The van der Waals surface area contributed by atoms with Crippen LogP contribution in [0.2, 0.25) is 0 Å². The Hall–Kier alpha value is -1.30. The molecule has 1 aromatic carbocycles. The second-order valence-corrected chi connectivity index (χ2v) is 5.56. The fourth-order valence-electron chi connectivity index (χ4n) is 2.63. The molecular formula is C16H26N2O3. The number of nitrogens with zero attached hydrogens (tertiary/aromatic N) is 2. The van der Waals surface area contributed by atoms with Gasteiger partial charge in [-0.1, -0.05) is 0 Å². The molecule has 118 valence electrons. The van der Waals surface area contributed by atoms with E-state index in [1.165, 1.54) is 0 Å². The maximum absolute atomic E-state index is 10.5. The maximum Gasteiger partial charge on any atom is 0.124 e. The highest BCUT2D eigenvalue weighted by Crippen LogP contribution is 2.31. The van der Waals surface area contributed by atoms with Crippen LogP contribution in [-0.4, -0.2) is 68.9 Å². The number of hydrogen-bond acceptors (Lipinski definition) is 5. The molecule has 1 aliphatic rings. The Balaban J connectivity index is 1.94. The van der Waals surface area contributed by atoms with Crippen LogP contribution in [0.15, 0.2) is 18.2 Å². The quantitative estimate of drug-likeness (QED) is 0.858. The summed E-state index contributed by atoms with van der Waals surface area (Å²) in [5.41, 5.74) is 0.797. The normalized spacial score (nSPS) is 18.5. The third-order valence-electron chi connectivity index (χ3n) is 4.11. The van der Waals surface area contributed by atoms with Gasteiger partial charge in [-0.15, -0.1) is 0 Å². The van der Waals surface area contributed by atoms with Crippen LogP contribution in [0.4, 0.5) is 0 Å². The van der Waals surface area contributed by atoms with E-state index in [4.69, 9.17) is 9.47 Å². The van der Waals surface area contributed by atoms with Gasteiger partial charge in [0.15, 0.2) is 0 Å². The summed E-state index contributed by atoms with van der Waals surface area (Å²) >= 11 is 0. The number of aliphatic hydroxyl groups excluding tert-OH is 1. The van der Waals surface area contributed by atoms with E-state index >= 15 is 0 Å². The highest BCUT2D eigenvalue weighted by atomic mass is 16.5. The zero-order valence-electron chi connectivity index (χ0n) is 13.2. The predicted octanol–water partition coefficient (Wildman–Crippen LogP) is 1.37. The lowest BCUT2D eigenvalue weighted by atomic mass is 10.0. The molecule has 0 aromatic heterocycles. The third-order valence-corrected chi connectivity index (χ3v) is 4.11. The van der Waals surface area contributed by atoms with Crippen LogP contribution in [0.1, 0.15) is 18.1 Å². The highest BCUT2D eigenvalue weighted by molar-refractivity contribution is 5.41. The van der Waals surface area contributed by atoms with Gasteiger partial charge in [-0.2, -0.15) is 0 Å². The molecule has 5 nitrogen and oxygen atoms in total. The molecule has 2 rings (SSSR count). The largest absolute Gasteiger partial charge is 0.497 e. The van der Waals surface area contributed by atoms with Gasteiger partial charge in [-0.05, 0) is 31.7 Å². The van der Waals surface area contributed by atoms with Gasteiger partial charge in [0.05, 0.1) is 20.3 Å². The van der Waals surface area contributed by atoms with Crippen molar-refractivity contribution in [2.45, 2.75) is 12.5 Å². The number of likely N-dealkylation sites (N-methyl/N-ethyl adjacent to an activating group) is 1. The summed E-state index contributed by atoms with van der Waals surface area (Å²) in [6.07, 6.45) is 0.169. The summed E-state index contributed by atoms with van der Waals surface area (Å²) < 4.78 is 10.6. The Morgan fingerprint density at radius 3 is 2.48 bits per heavy atom. The van der Waals surface area contributed by atoms with Crippen LogP contribution in [-0.2, 0) is 0 Å². The van der Waals surface area contributed by atoms with E-state index < -0.39 is 6.10 Å². The van der Waals surface area contributed by atoms with Crippen molar-refractivity contribution in [3.8, 4) is 11.5 Å². The number of methoxy groups -OCH3 is 2. The van der Waals surface area contributed by atoms with E-state index in [0.29, 0.717) is 12.2 Å². The van der Waals surface area contributed by atoms with Gasteiger partial charge in [-0.25, -0.2) is 0 Å². The van der Waals surface area contributed by atoms with Gasteiger partial charge in [0.25, 0.3) is 0 Å². The molecular weight excluding hydrogens is 268 g/mol. The summed E-state index contributed by atoms with van der Waals surface area (Å²) in [6.45, 7) is 5.23. The minimum atomic E-state index is -0.533. The van der Waals surface area contributed by atoms with E-state index in [-0.39, 0.29) is 0 Å². The fraction of sp³-hybridized carbons (Fsp3) is 0.625. The van der Waals surface area contributed by atoms with E-state index in [1.807, 2.05) is 18.2 Å². The van der Waals surface area contributed by atoms with Gasteiger partial charge in [0.1, 0.15) is 11.5 Å². The average molecular weight is 294 g/mol. The lowest BCUT2D eigenvalue weighted by Crippen LogP contribution is -2.44. The Bertz CT molecular complexity index is 445. The van der Waals surface area contributed by atoms with Crippen LogP contribution < -0.4 is 9.47 Å². The Morgan fingerprint density at radius 1 is 1.14 bits per heavy atom. The maximum atomic E-state index is 10.5. The van der Waals surface area contributed by atoms with Gasteiger partial charge in [-0.3, -0.25) is 0 Å². The van der Waals surface area contributed by atoms with Crippen molar-refractivity contribution in [1.82, 2.24) is 9.80 Å². The molecule has 5 heteroatoms. The first-order valence-corrected chi connectivity index (χ1v) is 7.45. The van der Waals surface area contributed by atoms with Crippen LogP contribution >= 0.6 is 0 Å². The molecule has 1 N–H and O–H groups in total. The van der Waals surface area contributed by atoms with Gasteiger partial charge >= 0.3 is 0 Å². The van der Waals surface area contributed by atoms with Gasteiger partial charge in [0, 0.05) is 38.3 Å². The molecule has 0 saturated carbocycles. The van der Waals surface area contributed by atoms with Crippen molar-refractivity contribution in [2.24, 2.45) is 0 Å². The highest BCUT2D eigenvalue weighted by Gasteiger charge is 2.18. The van der Waals surface area contributed by atoms with Crippen LogP contribution in [0.25, 0.3) is 0 Å². The smallest absolute Gasteiger partial charge is 0.124 e. The molecule has 1 saturated heterocycles. The molecule has 1 aromatic rings. The van der Waals surface area contributed by atoms with Crippen molar-refractivity contribution < 1.29 is 14.6 Å². The number of aliphatic hydroxyl groups is 1. The minimum absolute atomic E-state index is 0.533. The molecule has 1 unspecified atom stereocenters.